The monoisotopic (exact) mass is 902 g/mol. The van der Waals surface area contributed by atoms with Crippen LogP contribution in [0.2, 0.25) is 0 Å². The van der Waals surface area contributed by atoms with E-state index in [2.05, 4.69) is 27.7 Å². The summed E-state index contributed by atoms with van der Waals surface area (Å²) in [4.78, 5) is 0. The van der Waals surface area contributed by atoms with Crippen molar-refractivity contribution in [3.8, 4) is 0 Å². The van der Waals surface area contributed by atoms with Gasteiger partial charge in [0.25, 0.3) is 0 Å². The summed E-state index contributed by atoms with van der Waals surface area (Å²) in [5, 5.41) is 106. The molecule has 362 valence electrons. The summed E-state index contributed by atoms with van der Waals surface area (Å²) >= 11 is 0. The van der Waals surface area contributed by atoms with Crippen LogP contribution in [0.5, 0.6) is 0 Å². The summed E-state index contributed by atoms with van der Waals surface area (Å²) in [7, 11) is 0. The van der Waals surface area contributed by atoms with Crippen LogP contribution in [-0.2, 0) is 37.9 Å². The normalized spacial score (nSPS) is 58.2. The maximum absolute atomic E-state index is 12.0. The summed E-state index contributed by atoms with van der Waals surface area (Å²) < 4.78 is 49.8. The van der Waals surface area contributed by atoms with Gasteiger partial charge in [0.2, 0.25) is 0 Å². The van der Waals surface area contributed by atoms with Gasteiger partial charge >= 0.3 is 0 Å². The molecule has 4 aliphatic carbocycles. The average Bonchev–Trinajstić information content (AvgIpc) is 3.72. The van der Waals surface area contributed by atoms with Crippen molar-refractivity contribution in [1.29, 1.82) is 0 Å². The van der Waals surface area contributed by atoms with E-state index in [4.69, 9.17) is 37.9 Å². The van der Waals surface area contributed by atoms with E-state index in [1.165, 1.54) is 6.42 Å². The zero-order valence-corrected chi connectivity index (χ0v) is 37.0. The summed E-state index contributed by atoms with van der Waals surface area (Å²) in [6.45, 7) is 8.24. The van der Waals surface area contributed by atoms with Crippen LogP contribution >= 0.6 is 0 Å². The van der Waals surface area contributed by atoms with Crippen LogP contribution in [0.4, 0.5) is 0 Å². The van der Waals surface area contributed by atoms with Crippen LogP contribution in [0, 0.1) is 52.3 Å². The lowest BCUT2D eigenvalue weighted by Gasteiger charge is -2.61. The molecule has 10 N–H and O–H groups in total. The average molecular weight is 903 g/mol. The van der Waals surface area contributed by atoms with Gasteiger partial charge in [-0.05, 0) is 104 Å². The van der Waals surface area contributed by atoms with Gasteiger partial charge in [0.1, 0.15) is 73.2 Å². The van der Waals surface area contributed by atoms with E-state index in [0.29, 0.717) is 54.3 Å². The number of hydrogen-bond donors (Lipinski definition) is 10. The summed E-state index contributed by atoms with van der Waals surface area (Å²) in [6, 6.07) is 0. The largest absolute Gasteiger partial charge is 0.394 e. The molecule has 1 spiro atoms. The molecule has 9 aliphatic rings. The minimum Gasteiger partial charge on any atom is -0.394 e. The number of fused-ring (bicyclic) bond motifs is 7. The Bertz CT molecular complexity index is 1570. The predicted molar refractivity (Wildman–Crippen MR) is 216 cm³/mol. The van der Waals surface area contributed by atoms with Gasteiger partial charge in [0, 0.05) is 12.3 Å². The first kappa shape index (κ1) is 47.4. The Morgan fingerprint density at radius 3 is 1.76 bits per heavy atom. The van der Waals surface area contributed by atoms with Gasteiger partial charge in [-0.15, -0.1) is 0 Å². The third-order valence-corrected chi connectivity index (χ3v) is 18.3. The quantitative estimate of drug-likeness (QED) is 0.128. The van der Waals surface area contributed by atoms with Crippen molar-refractivity contribution in [3.63, 3.8) is 0 Å². The standard InChI is InChI=1S/C45H74O18/c1-19-7-12-45(56-18-19)20(2)30-26(63-45)14-25-23-6-5-21-13-22(8-10-43(21,3)24(23)9-11-44(25,30)4)57-42-39(62-41-36(54)34(52)32(50)28(16-47)59-41)37(55)38(29(17-48)60-42)61-40-35(53)33(51)31(49)27(15-46)58-40/h19-42,46-55H,5-18H2,1-4H3. The highest BCUT2D eigenvalue weighted by molar-refractivity contribution is 5.15. The Morgan fingerprint density at radius 1 is 0.556 bits per heavy atom. The Morgan fingerprint density at radius 2 is 1.16 bits per heavy atom. The molecule has 18 heteroatoms. The molecular weight excluding hydrogens is 828 g/mol. The maximum atomic E-state index is 12.0. The van der Waals surface area contributed by atoms with E-state index in [9.17, 15) is 51.1 Å². The van der Waals surface area contributed by atoms with E-state index in [-0.39, 0.29) is 23.0 Å². The van der Waals surface area contributed by atoms with Crippen LogP contribution in [0.3, 0.4) is 0 Å². The number of hydrogen-bond acceptors (Lipinski definition) is 18. The SMILES string of the molecule is CC1CCC2(OC1)OC1CC3C4CCC5CC(OC6OC(CO)C(OC7OC(CO)C(O)C(O)C7O)C(O)C6OC6OC(CO)C(O)C(O)C6O)CCC5(C)C4CCC3(C)C1C2C. The Balaban J connectivity index is 0.904. The molecule has 0 aromatic heterocycles. The number of rotatable bonds is 9. The first-order valence-corrected chi connectivity index (χ1v) is 23.8. The van der Waals surface area contributed by atoms with Gasteiger partial charge < -0.3 is 89.0 Å². The van der Waals surface area contributed by atoms with E-state index in [1.807, 2.05) is 0 Å². The summed E-state index contributed by atoms with van der Waals surface area (Å²) in [5.41, 5.74) is 0.280. The third kappa shape index (κ3) is 7.88. The van der Waals surface area contributed by atoms with E-state index in [0.717, 1.165) is 51.6 Å². The first-order valence-electron chi connectivity index (χ1n) is 23.8. The van der Waals surface area contributed by atoms with E-state index < -0.39 is 118 Å². The lowest BCUT2D eigenvalue weighted by Crippen LogP contribution is -2.67. The Labute approximate surface area is 369 Å². The van der Waals surface area contributed by atoms with Crippen molar-refractivity contribution < 1.29 is 89.0 Å². The molecule has 63 heavy (non-hydrogen) atoms. The maximum Gasteiger partial charge on any atom is 0.187 e. The van der Waals surface area contributed by atoms with Gasteiger partial charge in [-0.1, -0.05) is 27.7 Å². The van der Waals surface area contributed by atoms with Gasteiger partial charge in [0.15, 0.2) is 24.7 Å². The minimum atomic E-state index is -1.84. The van der Waals surface area contributed by atoms with Crippen molar-refractivity contribution in [1.82, 2.24) is 0 Å². The molecule has 9 fully saturated rings. The molecule has 0 bridgehead atoms. The molecule has 4 saturated carbocycles. The molecule has 9 rings (SSSR count). The molecule has 0 aromatic carbocycles. The van der Waals surface area contributed by atoms with Gasteiger partial charge in [-0.25, -0.2) is 0 Å². The van der Waals surface area contributed by atoms with Crippen molar-refractivity contribution in [3.05, 3.63) is 0 Å². The van der Waals surface area contributed by atoms with Crippen molar-refractivity contribution >= 4 is 0 Å². The van der Waals surface area contributed by atoms with Crippen molar-refractivity contribution in [2.24, 2.45) is 52.3 Å². The second kappa shape index (κ2) is 18.0. The molecule has 27 atom stereocenters. The second-order valence-corrected chi connectivity index (χ2v) is 21.5. The lowest BCUT2D eigenvalue weighted by atomic mass is 9.44. The summed E-state index contributed by atoms with van der Waals surface area (Å²) in [6.07, 6.45) is -14.4. The number of ether oxygens (including phenoxy) is 8. The van der Waals surface area contributed by atoms with E-state index in [1.54, 1.807) is 0 Å². The number of aliphatic hydroxyl groups excluding tert-OH is 10. The van der Waals surface area contributed by atoms with Crippen LogP contribution in [0.25, 0.3) is 0 Å². The Hall–Kier alpha value is -0.720. The fourth-order valence-electron chi connectivity index (χ4n) is 14.7. The highest BCUT2D eigenvalue weighted by Crippen LogP contribution is 2.71. The van der Waals surface area contributed by atoms with Crippen LogP contribution < -0.4 is 0 Å². The smallest absolute Gasteiger partial charge is 0.187 e. The predicted octanol–water partition coefficient (Wildman–Crippen LogP) is -0.734. The molecule has 0 aromatic rings. The van der Waals surface area contributed by atoms with E-state index >= 15 is 0 Å². The van der Waals surface area contributed by atoms with Crippen LogP contribution in [0.15, 0.2) is 0 Å². The topological polar surface area (TPSA) is 276 Å². The van der Waals surface area contributed by atoms with Crippen molar-refractivity contribution in [2.45, 2.75) is 202 Å². The van der Waals surface area contributed by atoms with Gasteiger partial charge in [-0.2, -0.15) is 0 Å². The van der Waals surface area contributed by atoms with Gasteiger partial charge in [0.05, 0.1) is 38.6 Å². The molecule has 18 nitrogen and oxygen atoms in total. The molecule has 5 aliphatic heterocycles. The zero-order valence-electron chi connectivity index (χ0n) is 37.0. The highest BCUT2D eigenvalue weighted by Gasteiger charge is 2.69. The molecule has 0 radical (unpaired) electrons. The van der Waals surface area contributed by atoms with Crippen LogP contribution in [-0.4, -0.2) is 188 Å². The fourth-order valence-corrected chi connectivity index (χ4v) is 14.7. The molecular formula is C45H74O18. The summed E-state index contributed by atoms with van der Waals surface area (Å²) in [5.74, 6) is 3.05. The highest BCUT2D eigenvalue weighted by atomic mass is 16.8. The first-order chi connectivity index (χ1) is 30.0. The van der Waals surface area contributed by atoms with Crippen LogP contribution in [0.1, 0.15) is 91.9 Å². The minimum absolute atomic E-state index is 0.0786. The molecule has 5 heterocycles. The molecule has 5 saturated heterocycles. The fraction of sp³-hybridized carbons (Fsp3) is 1.00. The molecule has 27 unspecified atom stereocenters. The molecule has 0 amide bonds. The second-order valence-electron chi connectivity index (χ2n) is 21.5. The van der Waals surface area contributed by atoms with Gasteiger partial charge in [-0.3, -0.25) is 0 Å². The lowest BCUT2D eigenvalue weighted by molar-refractivity contribution is -0.391. The van der Waals surface area contributed by atoms with Crippen molar-refractivity contribution in [2.75, 3.05) is 26.4 Å². The third-order valence-electron chi connectivity index (χ3n) is 18.3. The zero-order chi connectivity index (χ0) is 44.9. The Kier molecular flexibility index (Phi) is 13.5. The number of aliphatic hydroxyl groups is 10.